The smallest absolute Gasteiger partial charge is 0.321 e. The lowest BCUT2D eigenvalue weighted by Crippen LogP contribution is -2.48. The number of carbonyl (C=O) groups excluding carboxylic acids is 2. The Labute approximate surface area is 127 Å². The molecular formula is C14H20BrN3O2. The maximum atomic E-state index is 11.8. The quantitative estimate of drug-likeness (QED) is 0.769. The van der Waals surface area contributed by atoms with E-state index in [2.05, 4.69) is 31.9 Å². The van der Waals surface area contributed by atoms with Gasteiger partial charge in [0.2, 0.25) is 5.91 Å². The summed E-state index contributed by atoms with van der Waals surface area (Å²) in [5.41, 5.74) is 1.11. The zero-order valence-corrected chi connectivity index (χ0v) is 13.5. The maximum Gasteiger partial charge on any atom is 0.321 e. The van der Waals surface area contributed by atoms with E-state index < -0.39 is 12.1 Å². The molecule has 0 aliphatic rings. The van der Waals surface area contributed by atoms with Crippen LogP contribution in [0.2, 0.25) is 0 Å². The molecule has 0 heterocycles. The van der Waals surface area contributed by atoms with E-state index in [1.165, 1.54) is 7.05 Å². The Hall–Kier alpha value is -1.40. The Morgan fingerprint density at radius 2 is 1.85 bits per heavy atom. The standard InChI is InChI=1S/C14H20BrN3O2/c1-4-12(10-5-7-11(15)8-6-10)17-9(2)13(19)18-14(20)16-3/h5-9,12,17H,4H2,1-3H3,(H2,16,18,19,20)/t9-,12+/m0/s1. The number of nitrogens with one attached hydrogen (secondary N) is 3. The van der Waals surface area contributed by atoms with E-state index in [4.69, 9.17) is 0 Å². The summed E-state index contributed by atoms with van der Waals surface area (Å²) < 4.78 is 1.02. The molecular weight excluding hydrogens is 322 g/mol. The first kappa shape index (κ1) is 16.7. The van der Waals surface area contributed by atoms with Gasteiger partial charge in [-0.3, -0.25) is 15.4 Å². The first-order valence-electron chi connectivity index (χ1n) is 6.52. The van der Waals surface area contributed by atoms with Crippen molar-refractivity contribution in [2.45, 2.75) is 32.4 Å². The molecule has 0 radical (unpaired) electrons. The molecule has 0 aromatic heterocycles. The van der Waals surface area contributed by atoms with Crippen molar-refractivity contribution in [3.8, 4) is 0 Å². The van der Waals surface area contributed by atoms with Crippen molar-refractivity contribution < 1.29 is 9.59 Å². The Morgan fingerprint density at radius 3 is 2.35 bits per heavy atom. The van der Waals surface area contributed by atoms with Crippen LogP contribution in [0.3, 0.4) is 0 Å². The summed E-state index contributed by atoms with van der Waals surface area (Å²) in [7, 11) is 1.47. The SMILES string of the molecule is CC[C@@H](N[C@@H](C)C(=O)NC(=O)NC)c1ccc(Br)cc1. The molecule has 1 aromatic rings. The molecule has 0 unspecified atom stereocenters. The lowest BCUT2D eigenvalue weighted by molar-refractivity contribution is -0.121. The molecule has 0 saturated carbocycles. The van der Waals surface area contributed by atoms with Gasteiger partial charge < -0.3 is 5.32 Å². The Bertz CT molecular complexity index is 462. The predicted molar refractivity (Wildman–Crippen MR) is 82.4 cm³/mol. The van der Waals surface area contributed by atoms with Crippen LogP contribution >= 0.6 is 15.9 Å². The van der Waals surface area contributed by atoms with Gasteiger partial charge in [-0.15, -0.1) is 0 Å². The number of amides is 3. The van der Waals surface area contributed by atoms with E-state index in [-0.39, 0.29) is 11.9 Å². The minimum absolute atomic E-state index is 0.0635. The number of urea groups is 1. The van der Waals surface area contributed by atoms with Crippen molar-refractivity contribution in [2.75, 3.05) is 7.05 Å². The first-order valence-corrected chi connectivity index (χ1v) is 7.31. The van der Waals surface area contributed by atoms with Gasteiger partial charge in [-0.2, -0.15) is 0 Å². The lowest BCUT2D eigenvalue weighted by Gasteiger charge is -2.22. The molecule has 0 aliphatic heterocycles. The molecule has 1 rings (SSSR count). The fraction of sp³-hybridized carbons (Fsp3) is 0.429. The summed E-state index contributed by atoms with van der Waals surface area (Å²) >= 11 is 3.40. The van der Waals surface area contributed by atoms with E-state index in [1.54, 1.807) is 6.92 Å². The van der Waals surface area contributed by atoms with Crippen molar-refractivity contribution >= 4 is 27.9 Å². The number of halogens is 1. The number of rotatable bonds is 5. The zero-order chi connectivity index (χ0) is 15.1. The van der Waals surface area contributed by atoms with Gasteiger partial charge in [-0.05, 0) is 31.0 Å². The molecule has 0 saturated heterocycles. The molecule has 1 aromatic carbocycles. The molecule has 0 bridgehead atoms. The number of carbonyl (C=O) groups is 2. The average molecular weight is 342 g/mol. The second-order valence-electron chi connectivity index (χ2n) is 4.47. The second-order valence-corrected chi connectivity index (χ2v) is 5.38. The monoisotopic (exact) mass is 341 g/mol. The van der Waals surface area contributed by atoms with Crippen LogP contribution in [0, 0.1) is 0 Å². The van der Waals surface area contributed by atoms with Gasteiger partial charge in [0.25, 0.3) is 0 Å². The fourth-order valence-electron chi connectivity index (χ4n) is 1.80. The molecule has 3 amide bonds. The molecule has 110 valence electrons. The Morgan fingerprint density at radius 1 is 1.25 bits per heavy atom. The van der Waals surface area contributed by atoms with Crippen molar-refractivity contribution in [1.29, 1.82) is 0 Å². The third-order valence-electron chi connectivity index (χ3n) is 2.99. The summed E-state index contributed by atoms with van der Waals surface area (Å²) in [6.07, 6.45) is 0.846. The van der Waals surface area contributed by atoms with Crippen molar-refractivity contribution in [3.63, 3.8) is 0 Å². The topological polar surface area (TPSA) is 70.2 Å². The van der Waals surface area contributed by atoms with E-state index in [0.717, 1.165) is 16.5 Å². The van der Waals surface area contributed by atoms with Gasteiger partial charge in [-0.1, -0.05) is 35.0 Å². The van der Waals surface area contributed by atoms with E-state index in [1.807, 2.05) is 31.2 Å². The van der Waals surface area contributed by atoms with Gasteiger partial charge in [0.05, 0.1) is 6.04 Å². The number of hydrogen-bond acceptors (Lipinski definition) is 3. The molecule has 0 fully saturated rings. The summed E-state index contributed by atoms with van der Waals surface area (Å²) in [6.45, 7) is 3.78. The highest BCUT2D eigenvalue weighted by atomic mass is 79.9. The van der Waals surface area contributed by atoms with E-state index in [0.29, 0.717) is 0 Å². The van der Waals surface area contributed by atoms with Gasteiger partial charge in [0, 0.05) is 17.6 Å². The largest absolute Gasteiger partial charge is 0.341 e. The highest BCUT2D eigenvalue weighted by molar-refractivity contribution is 9.10. The predicted octanol–water partition coefficient (Wildman–Crippen LogP) is 2.33. The van der Waals surface area contributed by atoms with Gasteiger partial charge in [-0.25, -0.2) is 4.79 Å². The van der Waals surface area contributed by atoms with Crippen molar-refractivity contribution in [3.05, 3.63) is 34.3 Å². The number of hydrogen-bond donors (Lipinski definition) is 3. The first-order chi connectivity index (χ1) is 9.47. The zero-order valence-electron chi connectivity index (χ0n) is 11.9. The summed E-state index contributed by atoms with van der Waals surface area (Å²) in [4.78, 5) is 22.9. The van der Waals surface area contributed by atoms with Crippen LogP contribution in [0.25, 0.3) is 0 Å². The van der Waals surface area contributed by atoms with Crippen LogP contribution in [0.15, 0.2) is 28.7 Å². The van der Waals surface area contributed by atoms with Gasteiger partial charge in [0.15, 0.2) is 0 Å². The van der Waals surface area contributed by atoms with Crippen molar-refractivity contribution in [2.24, 2.45) is 0 Å². The summed E-state index contributed by atoms with van der Waals surface area (Å²) in [5, 5.41) is 7.84. The van der Waals surface area contributed by atoms with Crippen molar-refractivity contribution in [1.82, 2.24) is 16.0 Å². The van der Waals surface area contributed by atoms with E-state index in [9.17, 15) is 9.59 Å². The maximum absolute atomic E-state index is 11.8. The van der Waals surface area contributed by atoms with Crippen LogP contribution in [-0.4, -0.2) is 25.0 Å². The summed E-state index contributed by atoms with van der Waals surface area (Å²) in [5.74, 6) is -0.347. The van der Waals surface area contributed by atoms with Crippen LogP contribution in [0.4, 0.5) is 4.79 Å². The average Bonchev–Trinajstić information content (AvgIpc) is 2.45. The van der Waals surface area contributed by atoms with Crippen LogP contribution < -0.4 is 16.0 Å². The molecule has 0 aliphatic carbocycles. The van der Waals surface area contributed by atoms with Gasteiger partial charge in [0.1, 0.15) is 0 Å². The molecule has 6 heteroatoms. The number of benzene rings is 1. The highest BCUT2D eigenvalue weighted by Crippen LogP contribution is 2.19. The van der Waals surface area contributed by atoms with Crippen LogP contribution in [-0.2, 0) is 4.79 Å². The van der Waals surface area contributed by atoms with Crippen LogP contribution in [0.1, 0.15) is 31.9 Å². The third kappa shape index (κ3) is 4.94. The second kappa shape index (κ2) is 8.01. The number of imide groups is 1. The Balaban J connectivity index is 2.66. The summed E-state index contributed by atoms with van der Waals surface area (Å²) in [6, 6.07) is 7.06. The van der Waals surface area contributed by atoms with Gasteiger partial charge >= 0.3 is 6.03 Å². The normalized spacial score (nSPS) is 13.4. The minimum atomic E-state index is -0.500. The molecule has 20 heavy (non-hydrogen) atoms. The molecule has 5 nitrogen and oxygen atoms in total. The molecule has 3 N–H and O–H groups in total. The lowest BCUT2D eigenvalue weighted by atomic mass is 10.0. The Kier molecular flexibility index (Phi) is 6.67. The molecule has 2 atom stereocenters. The van der Waals surface area contributed by atoms with E-state index >= 15 is 0 Å². The third-order valence-corrected chi connectivity index (χ3v) is 3.52. The minimum Gasteiger partial charge on any atom is -0.341 e. The fourth-order valence-corrected chi connectivity index (χ4v) is 2.07. The highest BCUT2D eigenvalue weighted by Gasteiger charge is 2.19. The molecule has 0 spiro atoms. The van der Waals surface area contributed by atoms with Crippen LogP contribution in [0.5, 0.6) is 0 Å².